The van der Waals surface area contributed by atoms with Gasteiger partial charge in [0.25, 0.3) is 0 Å². The van der Waals surface area contributed by atoms with Crippen LogP contribution in [0.25, 0.3) is 0 Å². The standard InChI is InChI=1S/C36H54N2O2.C2H2O4.Pt/c1-36-21-19-32-31-18-16-30(39)25-27(31)15-17-33(32)34(36)26-28(35(36)40)13-9-7-5-3-2-4-6-8-11-22-37-24-20-29-14-10-12-23-38-29;3-1(4)2(5)6;/h10,12,14,16,18,23,25,28,32-35,37,39-40H,2-9,11,13,15,17,19-22,24,26H2,1H3;(H,3,4)(H,5,6);/q;;+2/p-2/t28-,32?,33?,34?,35-,36-;;/m0../s1. The number of phenolic OH excluding ortho intramolecular Hbond substituents is 1. The van der Waals surface area contributed by atoms with Crippen LogP contribution in [0.4, 0.5) is 0 Å². The number of aliphatic hydroxyl groups is 1. The van der Waals surface area contributed by atoms with Gasteiger partial charge in [-0.2, -0.15) is 0 Å². The third kappa shape index (κ3) is 11.1. The number of nitrogens with one attached hydrogen (secondary N) is 1. The Morgan fingerprint density at radius 1 is 0.936 bits per heavy atom. The summed E-state index contributed by atoms with van der Waals surface area (Å²) in [6.45, 7) is 4.55. The van der Waals surface area contributed by atoms with Crippen LogP contribution in [-0.4, -0.2) is 46.3 Å². The zero-order valence-electron chi connectivity index (χ0n) is 27.9. The minimum Gasteiger partial charge on any atom is -0.543 e. The Morgan fingerprint density at radius 2 is 1.62 bits per heavy atom. The molecule has 262 valence electrons. The number of aromatic nitrogens is 1. The molecule has 2 aromatic rings. The minimum absolute atomic E-state index is 0. The van der Waals surface area contributed by atoms with Crippen molar-refractivity contribution < 1.29 is 51.1 Å². The van der Waals surface area contributed by atoms with E-state index in [2.05, 4.69) is 35.4 Å². The van der Waals surface area contributed by atoms with E-state index < -0.39 is 11.9 Å². The maximum absolute atomic E-state index is 11.5. The van der Waals surface area contributed by atoms with Crippen molar-refractivity contribution in [1.29, 1.82) is 0 Å². The van der Waals surface area contributed by atoms with Gasteiger partial charge in [-0.05, 0) is 116 Å². The number of aryl methyl sites for hydroxylation is 1. The van der Waals surface area contributed by atoms with E-state index in [0.717, 1.165) is 32.4 Å². The molecule has 1 aromatic heterocycles. The summed E-state index contributed by atoms with van der Waals surface area (Å²) in [6, 6.07) is 12.2. The number of fused-ring (bicyclic) bond motifs is 5. The van der Waals surface area contributed by atoms with Crippen LogP contribution in [-0.2, 0) is 43.5 Å². The first kappa shape index (κ1) is 39.2. The van der Waals surface area contributed by atoms with E-state index in [-0.39, 0.29) is 32.6 Å². The molecule has 0 amide bonds. The molecular formula is C38H54N2O6Pt. The molecule has 3 aliphatic carbocycles. The van der Waals surface area contributed by atoms with E-state index in [0.29, 0.717) is 29.4 Å². The molecule has 0 radical (unpaired) electrons. The molecule has 9 heteroatoms. The van der Waals surface area contributed by atoms with Crippen LogP contribution >= 0.6 is 0 Å². The fraction of sp³-hybridized carbons (Fsp3) is 0.658. The molecular weight excluding hydrogens is 776 g/mol. The average molecular weight is 830 g/mol. The number of carboxylic acid groups (broad SMARTS) is 2. The van der Waals surface area contributed by atoms with E-state index in [1.165, 1.54) is 100 Å². The van der Waals surface area contributed by atoms with E-state index in [4.69, 9.17) is 19.8 Å². The van der Waals surface area contributed by atoms with E-state index in [9.17, 15) is 10.2 Å². The second kappa shape index (κ2) is 19.7. The second-order valence-corrected chi connectivity index (χ2v) is 14.2. The van der Waals surface area contributed by atoms with Crippen LogP contribution in [0.3, 0.4) is 0 Å². The van der Waals surface area contributed by atoms with Crippen LogP contribution in [0.5, 0.6) is 5.75 Å². The summed E-state index contributed by atoms with van der Waals surface area (Å²) in [5.41, 5.74) is 4.13. The van der Waals surface area contributed by atoms with Gasteiger partial charge in [-0.1, -0.05) is 70.4 Å². The molecule has 0 saturated heterocycles. The number of aliphatic carboxylic acids is 2. The maximum atomic E-state index is 11.5. The number of aliphatic hydroxyl groups excluding tert-OH is 1. The first-order chi connectivity index (χ1) is 22.2. The summed E-state index contributed by atoms with van der Waals surface area (Å²) in [5.74, 6) is -1.48. The third-order valence-electron chi connectivity index (χ3n) is 11.2. The minimum atomic E-state index is -2.19. The summed E-state index contributed by atoms with van der Waals surface area (Å²) in [5, 5.41) is 42.8. The Balaban J connectivity index is 0.000000785. The average Bonchev–Trinajstić information content (AvgIpc) is 3.31. The summed E-state index contributed by atoms with van der Waals surface area (Å²) < 4.78 is 0. The number of pyridine rings is 1. The van der Waals surface area contributed by atoms with E-state index >= 15 is 0 Å². The van der Waals surface area contributed by atoms with Gasteiger partial charge in [0.15, 0.2) is 0 Å². The Labute approximate surface area is 295 Å². The molecule has 0 aliphatic heterocycles. The summed E-state index contributed by atoms with van der Waals surface area (Å²) in [7, 11) is 0. The molecule has 6 atom stereocenters. The Bertz CT molecular complexity index is 1230. The van der Waals surface area contributed by atoms with Crippen molar-refractivity contribution in [2.75, 3.05) is 13.1 Å². The SMILES string of the molecule is C[C@]12CCC3c4ccc(O)cc4CCC3C1C[C@H](CCCCCCCCCCCNCCc1ccccn1)[C@@H]2O.O=C([O-])C(=O)[O-].[Pt+2]. The number of hydrogen-bond acceptors (Lipinski definition) is 8. The first-order valence-corrected chi connectivity index (χ1v) is 17.7. The van der Waals surface area contributed by atoms with Crippen molar-refractivity contribution in [2.45, 2.75) is 122 Å². The van der Waals surface area contributed by atoms with Crippen molar-refractivity contribution in [3.8, 4) is 5.75 Å². The number of benzene rings is 1. The number of carbonyl (C=O) groups is 2. The molecule has 3 N–H and O–H groups in total. The van der Waals surface area contributed by atoms with Crippen LogP contribution in [0.2, 0.25) is 0 Å². The first-order valence-electron chi connectivity index (χ1n) is 17.7. The second-order valence-electron chi connectivity index (χ2n) is 14.2. The predicted octanol–water partition coefficient (Wildman–Crippen LogP) is 4.45. The largest absolute Gasteiger partial charge is 2.00 e. The molecule has 2 saturated carbocycles. The van der Waals surface area contributed by atoms with Crippen molar-refractivity contribution >= 4 is 11.9 Å². The number of carboxylic acids is 2. The van der Waals surface area contributed by atoms with Gasteiger partial charge >= 0.3 is 21.1 Å². The number of nitrogens with zero attached hydrogens (tertiary/aromatic N) is 1. The van der Waals surface area contributed by atoms with Crippen molar-refractivity contribution in [1.82, 2.24) is 10.3 Å². The molecule has 8 nitrogen and oxygen atoms in total. The molecule has 1 aromatic carbocycles. The molecule has 3 aliphatic rings. The molecule has 2 fully saturated rings. The number of rotatable bonds is 15. The number of unbranched alkanes of at least 4 members (excludes halogenated alkanes) is 8. The Morgan fingerprint density at radius 3 is 2.28 bits per heavy atom. The maximum Gasteiger partial charge on any atom is 2.00 e. The van der Waals surface area contributed by atoms with Gasteiger partial charge in [0.05, 0.1) is 18.0 Å². The molecule has 0 bridgehead atoms. The van der Waals surface area contributed by atoms with E-state index in [1.807, 2.05) is 24.4 Å². The van der Waals surface area contributed by atoms with Crippen LogP contribution in [0.1, 0.15) is 120 Å². The van der Waals surface area contributed by atoms with Crippen LogP contribution in [0, 0.1) is 23.2 Å². The Hall–Kier alpha value is -2.28. The number of aromatic hydroxyl groups is 1. The third-order valence-corrected chi connectivity index (χ3v) is 11.2. The quantitative estimate of drug-likeness (QED) is 0.177. The van der Waals surface area contributed by atoms with Crippen molar-refractivity contribution in [3.63, 3.8) is 0 Å². The van der Waals surface area contributed by atoms with Gasteiger partial charge in [-0.3, -0.25) is 4.98 Å². The number of phenols is 1. The van der Waals surface area contributed by atoms with Crippen molar-refractivity contribution in [2.24, 2.45) is 23.2 Å². The van der Waals surface area contributed by atoms with Gasteiger partial charge in [-0.15, -0.1) is 0 Å². The normalized spacial score (nSPS) is 25.7. The summed E-state index contributed by atoms with van der Waals surface area (Å²) in [4.78, 5) is 22.2. The van der Waals surface area contributed by atoms with Gasteiger partial charge < -0.3 is 35.3 Å². The molecule has 1 heterocycles. The molecule has 47 heavy (non-hydrogen) atoms. The monoisotopic (exact) mass is 829 g/mol. The van der Waals surface area contributed by atoms with Crippen LogP contribution < -0.4 is 15.5 Å². The smallest absolute Gasteiger partial charge is 0.543 e. The van der Waals surface area contributed by atoms with E-state index in [1.54, 1.807) is 0 Å². The zero-order valence-corrected chi connectivity index (χ0v) is 30.2. The Kier molecular flexibility index (Phi) is 16.4. The molecule has 3 unspecified atom stereocenters. The summed E-state index contributed by atoms with van der Waals surface area (Å²) in [6.07, 6.45) is 21.9. The topological polar surface area (TPSA) is 146 Å². The van der Waals surface area contributed by atoms with Gasteiger partial charge in [0.2, 0.25) is 0 Å². The van der Waals surface area contributed by atoms with Crippen LogP contribution in [0.15, 0.2) is 42.6 Å². The number of hydrogen-bond donors (Lipinski definition) is 3. The van der Waals surface area contributed by atoms with Crippen molar-refractivity contribution in [3.05, 3.63) is 59.4 Å². The van der Waals surface area contributed by atoms with Gasteiger partial charge in [0.1, 0.15) is 5.75 Å². The fourth-order valence-corrected chi connectivity index (χ4v) is 8.78. The molecule has 5 rings (SSSR count). The zero-order chi connectivity index (χ0) is 32.9. The van der Waals surface area contributed by atoms with Gasteiger partial charge in [0, 0.05) is 24.9 Å². The molecule has 0 spiro atoms. The predicted molar refractivity (Wildman–Crippen MR) is 175 cm³/mol. The van der Waals surface area contributed by atoms with Gasteiger partial charge in [-0.25, -0.2) is 0 Å². The summed E-state index contributed by atoms with van der Waals surface area (Å²) >= 11 is 0. The number of carbonyl (C=O) groups excluding carboxylic acids is 2. The fourth-order valence-electron chi connectivity index (χ4n) is 8.78.